The van der Waals surface area contributed by atoms with Crippen molar-refractivity contribution in [2.75, 3.05) is 13.1 Å². The predicted octanol–water partition coefficient (Wildman–Crippen LogP) is 5.45. The number of halogens is 2. The summed E-state index contributed by atoms with van der Waals surface area (Å²) < 4.78 is 26.1. The number of rotatable bonds is 6. The topological polar surface area (TPSA) is 16.1 Å². The van der Waals surface area contributed by atoms with E-state index in [0.29, 0.717) is 6.42 Å². The summed E-state index contributed by atoms with van der Waals surface area (Å²) in [6.45, 7) is 4.19. The highest BCUT2D eigenvalue weighted by Crippen LogP contribution is 2.29. The molecule has 1 saturated carbocycles. The average Bonchev–Trinajstić information content (AvgIpc) is 2.75. The number of alkyl halides is 2. The van der Waals surface area contributed by atoms with Crippen molar-refractivity contribution in [3.05, 3.63) is 15.6 Å². The molecule has 0 aromatic carbocycles. The van der Waals surface area contributed by atoms with Crippen molar-refractivity contribution in [2.45, 2.75) is 83.6 Å². The molecule has 2 nitrogen and oxygen atoms in total. The average molecular weight is 357 g/mol. The standard InChI is InChI=1S/C19H30F2N2S/c1-19(20,21)11-8-18-22-16-14-23(13-10-17(16)24-18)12-9-15-6-4-2-3-5-7-15/h15H,2-14H2,1H3. The van der Waals surface area contributed by atoms with Gasteiger partial charge in [0, 0.05) is 30.8 Å². The molecule has 1 aliphatic heterocycles. The lowest BCUT2D eigenvalue weighted by molar-refractivity contribution is 0.0133. The molecule has 0 amide bonds. The highest BCUT2D eigenvalue weighted by Gasteiger charge is 2.24. The van der Waals surface area contributed by atoms with Crippen LogP contribution in [-0.4, -0.2) is 28.9 Å². The Morgan fingerprint density at radius 3 is 2.67 bits per heavy atom. The van der Waals surface area contributed by atoms with E-state index in [1.165, 1.54) is 56.4 Å². The molecule has 0 saturated heterocycles. The Labute approximate surface area is 148 Å². The lowest BCUT2D eigenvalue weighted by Gasteiger charge is -2.27. The first kappa shape index (κ1) is 18.2. The maximum absolute atomic E-state index is 13.0. The van der Waals surface area contributed by atoms with Gasteiger partial charge in [0.05, 0.1) is 10.7 Å². The molecule has 136 valence electrons. The maximum atomic E-state index is 13.0. The van der Waals surface area contributed by atoms with Crippen LogP contribution in [0.15, 0.2) is 0 Å². The third kappa shape index (κ3) is 5.48. The zero-order chi connectivity index (χ0) is 17.0. The summed E-state index contributed by atoms with van der Waals surface area (Å²) in [5.41, 5.74) is 1.15. The van der Waals surface area contributed by atoms with Gasteiger partial charge in [0.1, 0.15) is 0 Å². The second-order valence-electron chi connectivity index (χ2n) is 7.72. The quantitative estimate of drug-likeness (QED) is 0.630. The molecule has 2 aliphatic rings. The lowest BCUT2D eigenvalue weighted by Crippen LogP contribution is -2.31. The fourth-order valence-corrected chi connectivity index (χ4v) is 5.01. The summed E-state index contributed by atoms with van der Waals surface area (Å²) in [6, 6.07) is 0. The minimum absolute atomic E-state index is 0.0925. The summed E-state index contributed by atoms with van der Waals surface area (Å²) in [7, 11) is 0. The van der Waals surface area contributed by atoms with Crippen LogP contribution in [0.1, 0.15) is 73.9 Å². The van der Waals surface area contributed by atoms with Crippen molar-refractivity contribution < 1.29 is 8.78 Å². The number of thiazole rings is 1. The van der Waals surface area contributed by atoms with Crippen molar-refractivity contribution in [1.82, 2.24) is 9.88 Å². The van der Waals surface area contributed by atoms with E-state index >= 15 is 0 Å². The summed E-state index contributed by atoms with van der Waals surface area (Å²) in [5.74, 6) is -1.68. The van der Waals surface area contributed by atoms with Crippen LogP contribution >= 0.6 is 11.3 Å². The summed E-state index contributed by atoms with van der Waals surface area (Å²) in [4.78, 5) is 8.51. The van der Waals surface area contributed by atoms with Crippen LogP contribution in [0.3, 0.4) is 0 Å². The van der Waals surface area contributed by atoms with Crippen molar-refractivity contribution in [3.63, 3.8) is 0 Å². The monoisotopic (exact) mass is 356 g/mol. The normalized spacial score (nSPS) is 20.8. The van der Waals surface area contributed by atoms with Crippen LogP contribution in [0, 0.1) is 5.92 Å². The molecule has 24 heavy (non-hydrogen) atoms. The highest BCUT2D eigenvalue weighted by atomic mass is 32.1. The molecule has 0 spiro atoms. The fourth-order valence-electron chi connectivity index (χ4n) is 3.95. The second kappa shape index (κ2) is 8.22. The molecule has 1 fully saturated rings. The van der Waals surface area contributed by atoms with Gasteiger partial charge in [-0.3, -0.25) is 4.90 Å². The van der Waals surface area contributed by atoms with Crippen LogP contribution in [0.5, 0.6) is 0 Å². The number of hydrogen-bond donors (Lipinski definition) is 0. The van der Waals surface area contributed by atoms with Gasteiger partial charge in [0.15, 0.2) is 0 Å². The summed E-state index contributed by atoms with van der Waals surface area (Å²) in [6.07, 6.45) is 11.1. The van der Waals surface area contributed by atoms with Gasteiger partial charge in [-0.25, -0.2) is 13.8 Å². The first-order valence-corrected chi connectivity index (χ1v) is 10.4. The van der Waals surface area contributed by atoms with Crippen LogP contribution in [-0.2, 0) is 19.4 Å². The molecule has 2 heterocycles. The van der Waals surface area contributed by atoms with Crippen LogP contribution < -0.4 is 0 Å². The Morgan fingerprint density at radius 1 is 1.21 bits per heavy atom. The van der Waals surface area contributed by atoms with Gasteiger partial charge in [-0.15, -0.1) is 11.3 Å². The van der Waals surface area contributed by atoms with Crippen molar-refractivity contribution in [1.29, 1.82) is 0 Å². The van der Waals surface area contributed by atoms with E-state index in [1.807, 2.05) is 0 Å². The number of hydrogen-bond acceptors (Lipinski definition) is 3. The molecule has 0 bridgehead atoms. The number of fused-ring (bicyclic) bond motifs is 1. The largest absolute Gasteiger partial charge is 0.297 e. The van der Waals surface area contributed by atoms with Gasteiger partial charge >= 0.3 is 0 Å². The van der Waals surface area contributed by atoms with E-state index in [4.69, 9.17) is 0 Å². The third-order valence-corrected chi connectivity index (χ3v) is 6.67. The van der Waals surface area contributed by atoms with Gasteiger partial charge in [0.25, 0.3) is 0 Å². The fraction of sp³-hybridized carbons (Fsp3) is 0.842. The molecule has 1 aromatic rings. The van der Waals surface area contributed by atoms with Crippen LogP contribution in [0.2, 0.25) is 0 Å². The molecular formula is C19H30F2N2S. The molecule has 0 radical (unpaired) electrons. The van der Waals surface area contributed by atoms with E-state index in [-0.39, 0.29) is 6.42 Å². The van der Waals surface area contributed by atoms with E-state index in [9.17, 15) is 8.78 Å². The Balaban J connectivity index is 1.48. The van der Waals surface area contributed by atoms with Crippen LogP contribution in [0.25, 0.3) is 0 Å². The molecule has 0 atom stereocenters. The highest BCUT2D eigenvalue weighted by molar-refractivity contribution is 7.11. The zero-order valence-electron chi connectivity index (χ0n) is 14.8. The number of aromatic nitrogens is 1. The SMILES string of the molecule is CC(F)(F)CCc1nc2c(s1)CCN(CCC1CCCCCC1)C2. The van der Waals surface area contributed by atoms with E-state index < -0.39 is 5.92 Å². The molecule has 1 aliphatic carbocycles. The van der Waals surface area contributed by atoms with Crippen LogP contribution in [0.4, 0.5) is 8.78 Å². The second-order valence-corrected chi connectivity index (χ2v) is 8.89. The Morgan fingerprint density at radius 2 is 1.96 bits per heavy atom. The molecular weight excluding hydrogens is 326 g/mol. The lowest BCUT2D eigenvalue weighted by atomic mass is 9.96. The first-order valence-electron chi connectivity index (χ1n) is 9.57. The van der Waals surface area contributed by atoms with Gasteiger partial charge in [-0.2, -0.15) is 0 Å². The minimum Gasteiger partial charge on any atom is -0.297 e. The van der Waals surface area contributed by atoms with Gasteiger partial charge in [-0.1, -0.05) is 38.5 Å². The Hall–Kier alpha value is -0.550. The Bertz CT molecular complexity index is 516. The van der Waals surface area contributed by atoms with Crippen molar-refractivity contribution in [2.24, 2.45) is 5.92 Å². The molecule has 5 heteroatoms. The van der Waals surface area contributed by atoms with Gasteiger partial charge in [-0.05, 0) is 32.2 Å². The van der Waals surface area contributed by atoms with E-state index in [0.717, 1.165) is 43.1 Å². The minimum atomic E-state index is -2.59. The van der Waals surface area contributed by atoms with Gasteiger partial charge < -0.3 is 0 Å². The van der Waals surface area contributed by atoms with E-state index in [1.54, 1.807) is 11.3 Å². The predicted molar refractivity (Wildman–Crippen MR) is 95.8 cm³/mol. The molecule has 1 aromatic heterocycles. The summed E-state index contributed by atoms with van der Waals surface area (Å²) >= 11 is 1.66. The third-order valence-electron chi connectivity index (χ3n) is 5.46. The van der Waals surface area contributed by atoms with E-state index in [2.05, 4.69) is 9.88 Å². The van der Waals surface area contributed by atoms with Crippen molar-refractivity contribution >= 4 is 11.3 Å². The van der Waals surface area contributed by atoms with Gasteiger partial charge in [0.2, 0.25) is 5.92 Å². The molecule has 0 N–H and O–H groups in total. The summed E-state index contributed by atoms with van der Waals surface area (Å²) in [5, 5.41) is 0.896. The number of nitrogens with zero attached hydrogens (tertiary/aromatic N) is 2. The Kier molecular flexibility index (Phi) is 6.25. The molecule has 0 unspecified atom stereocenters. The maximum Gasteiger partial charge on any atom is 0.245 e. The van der Waals surface area contributed by atoms with Crippen molar-refractivity contribution in [3.8, 4) is 0 Å². The smallest absolute Gasteiger partial charge is 0.245 e. The first-order chi connectivity index (χ1) is 11.5. The zero-order valence-corrected chi connectivity index (χ0v) is 15.6. The molecule has 3 rings (SSSR count). The number of aryl methyl sites for hydroxylation is 1.